The predicted molar refractivity (Wildman–Crippen MR) is 48.3 cm³/mol. The monoisotopic (exact) mass is 178 g/mol. The van der Waals surface area contributed by atoms with E-state index in [2.05, 4.69) is 6.92 Å². The van der Waals surface area contributed by atoms with Crippen LogP contribution in [0.1, 0.15) is 32.6 Å². The average molecular weight is 178 g/mol. The summed E-state index contributed by atoms with van der Waals surface area (Å²) in [5, 5.41) is 0. The molecule has 1 aliphatic carbocycles. The van der Waals surface area contributed by atoms with Crippen molar-refractivity contribution < 1.29 is 9.53 Å². The number of carbonyl (C=O) groups excluding carboxylic acids is 1. The van der Waals surface area contributed by atoms with Crippen molar-refractivity contribution in [2.24, 2.45) is 5.41 Å². The number of hydrogen-bond acceptors (Lipinski definition) is 2. The summed E-state index contributed by atoms with van der Waals surface area (Å²) in [7, 11) is 0. The number of rotatable bonds is 0. The van der Waals surface area contributed by atoms with E-state index in [1.54, 1.807) is 6.08 Å². The average Bonchev–Trinajstić information content (AvgIpc) is 2.47. The van der Waals surface area contributed by atoms with Gasteiger partial charge in [-0.2, -0.15) is 0 Å². The molecule has 2 nitrogen and oxygen atoms in total. The zero-order chi connectivity index (χ0) is 9.10. The van der Waals surface area contributed by atoms with Gasteiger partial charge in [0.1, 0.15) is 5.60 Å². The molecule has 0 unspecified atom stereocenters. The molecule has 2 heteroatoms. The van der Waals surface area contributed by atoms with Gasteiger partial charge in [-0.05, 0) is 31.8 Å². The lowest BCUT2D eigenvalue weighted by atomic mass is 9.74. The van der Waals surface area contributed by atoms with E-state index in [9.17, 15) is 4.79 Å². The molecule has 2 aliphatic heterocycles. The molecule has 3 atom stereocenters. The second-order valence-electron chi connectivity index (χ2n) is 4.83. The predicted octanol–water partition coefficient (Wildman–Crippen LogP) is 1.84. The standard InChI is InChI=1S/C11H14O2/c1-10-5-2-6-11(10)9(12)4-3-8(7-10)13-11/h3-4,8H,2,5-7H2,1H3/t8-,10-,11+/m1/s1. The summed E-state index contributed by atoms with van der Waals surface area (Å²) in [4.78, 5) is 11.8. The van der Waals surface area contributed by atoms with Crippen molar-refractivity contribution in [3.05, 3.63) is 12.2 Å². The molecule has 0 aromatic heterocycles. The van der Waals surface area contributed by atoms with E-state index in [1.807, 2.05) is 6.08 Å². The Hall–Kier alpha value is -0.630. The first kappa shape index (κ1) is 7.74. The van der Waals surface area contributed by atoms with Gasteiger partial charge in [-0.15, -0.1) is 0 Å². The van der Waals surface area contributed by atoms with Crippen LogP contribution in [0.4, 0.5) is 0 Å². The van der Waals surface area contributed by atoms with Crippen molar-refractivity contribution >= 4 is 5.78 Å². The zero-order valence-electron chi connectivity index (χ0n) is 7.88. The highest BCUT2D eigenvalue weighted by molar-refractivity contribution is 5.99. The maximum absolute atomic E-state index is 11.8. The lowest BCUT2D eigenvalue weighted by Gasteiger charge is -2.34. The lowest BCUT2D eigenvalue weighted by Crippen LogP contribution is -2.46. The van der Waals surface area contributed by atoms with Crippen LogP contribution >= 0.6 is 0 Å². The van der Waals surface area contributed by atoms with Gasteiger partial charge in [0.05, 0.1) is 6.10 Å². The Morgan fingerprint density at radius 1 is 1.54 bits per heavy atom. The molecule has 0 aromatic carbocycles. The maximum atomic E-state index is 11.8. The minimum Gasteiger partial charge on any atom is -0.359 e. The van der Waals surface area contributed by atoms with Gasteiger partial charge in [-0.1, -0.05) is 13.0 Å². The van der Waals surface area contributed by atoms with Crippen molar-refractivity contribution in [2.75, 3.05) is 0 Å². The van der Waals surface area contributed by atoms with Crippen molar-refractivity contribution in [3.8, 4) is 0 Å². The summed E-state index contributed by atoms with van der Waals surface area (Å²) in [6.07, 6.45) is 8.14. The Balaban J connectivity index is 2.15. The Bertz CT molecular complexity index is 307. The topological polar surface area (TPSA) is 26.3 Å². The zero-order valence-corrected chi connectivity index (χ0v) is 7.88. The quantitative estimate of drug-likeness (QED) is 0.565. The molecule has 70 valence electrons. The van der Waals surface area contributed by atoms with Crippen LogP contribution in [0.5, 0.6) is 0 Å². The maximum Gasteiger partial charge on any atom is 0.187 e. The summed E-state index contributed by atoms with van der Waals surface area (Å²) >= 11 is 0. The van der Waals surface area contributed by atoms with Crippen LogP contribution in [-0.2, 0) is 9.53 Å². The van der Waals surface area contributed by atoms with Crippen molar-refractivity contribution in [3.63, 3.8) is 0 Å². The van der Waals surface area contributed by atoms with Gasteiger partial charge in [0.25, 0.3) is 0 Å². The van der Waals surface area contributed by atoms with Crippen LogP contribution in [-0.4, -0.2) is 17.5 Å². The molecule has 2 heterocycles. The number of carbonyl (C=O) groups is 1. The number of ketones is 1. The molecule has 1 saturated carbocycles. The van der Waals surface area contributed by atoms with Crippen LogP contribution < -0.4 is 0 Å². The van der Waals surface area contributed by atoms with Crippen LogP contribution in [0.15, 0.2) is 12.2 Å². The summed E-state index contributed by atoms with van der Waals surface area (Å²) in [5.74, 6) is 0.209. The summed E-state index contributed by atoms with van der Waals surface area (Å²) < 4.78 is 5.89. The fourth-order valence-corrected chi connectivity index (χ4v) is 3.36. The van der Waals surface area contributed by atoms with Crippen molar-refractivity contribution in [2.45, 2.75) is 44.3 Å². The van der Waals surface area contributed by atoms with Crippen molar-refractivity contribution in [1.82, 2.24) is 0 Å². The van der Waals surface area contributed by atoms with Gasteiger partial charge in [-0.25, -0.2) is 0 Å². The van der Waals surface area contributed by atoms with Gasteiger partial charge in [0.15, 0.2) is 5.78 Å². The second kappa shape index (κ2) is 2.06. The van der Waals surface area contributed by atoms with E-state index in [-0.39, 0.29) is 17.3 Å². The SMILES string of the molecule is C[C@]12CCC[C@@]13O[C@H](C=CC3=O)C2. The third-order valence-electron chi connectivity index (χ3n) is 4.10. The van der Waals surface area contributed by atoms with Gasteiger partial charge >= 0.3 is 0 Å². The molecule has 0 aromatic rings. The molecular weight excluding hydrogens is 164 g/mol. The van der Waals surface area contributed by atoms with E-state index in [0.717, 1.165) is 25.7 Å². The Labute approximate surface area is 78.0 Å². The highest BCUT2D eigenvalue weighted by atomic mass is 16.5. The molecule has 1 saturated heterocycles. The first-order valence-electron chi connectivity index (χ1n) is 5.07. The summed E-state index contributed by atoms with van der Waals surface area (Å²) in [5.41, 5.74) is -0.301. The Morgan fingerprint density at radius 3 is 3.23 bits per heavy atom. The molecule has 2 fully saturated rings. The molecule has 0 N–H and O–H groups in total. The lowest BCUT2D eigenvalue weighted by molar-refractivity contribution is -0.144. The molecule has 1 spiro atoms. The van der Waals surface area contributed by atoms with Crippen LogP contribution in [0.25, 0.3) is 0 Å². The summed E-state index contributed by atoms with van der Waals surface area (Å²) in [6, 6.07) is 0. The fourth-order valence-electron chi connectivity index (χ4n) is 3.36. The second-order valence-corrected chi connectivity index (χ2v) is 4.83. The molecule has 3 rings (SSSR count). The van der Waals surface area contributed by atoms with Crippen LogP contribution in [0.2, 0.25) is 0 Å². The van der Waals surface area contributed by atoms with Crippen LogP contribution in [0, 0.1) is 5.41 Å². The van der Waals surface area contributed by atoms with E-state index < -0.39 is 5.60 Å². The van der Waals surface area contributed by atoms with Crippen molar-refractivity contribution in [1.29, 1.82) is 0 Å². The fraction of sp³-hybridized carbons (Fsp3) is 0.727. The van der Waals surface area contributed by atoms with E-state index >= 15 is 0 Å². The number of hydrogen-bond donors (Lipinski definition) is 0. The Morgan fingerprint density at radius 2 is 2.38 bits per heavy atom. The van der Waals surface area contributed by atoms with Gasteiger partial charge in [0, 0.05) is 5.41 Å². The molecular formula is C11H14O2. The van der Waals surface area contributed by atoms with E-state index in [1.165, 1.54) is 0 Å². The minimum atomic E-state index is -0.424. The normalized spacial score (nSPS) is 52.7. The molecule has 2 bridgehead atoms. The number of fused-ring (bicyclic) bond motifs is 1. The minimum absolute atomic E-state index is 0.123. The highest BCUT2D eigenvalue weighted by Crippen LogP contribution is 2.59. The smallest absolute Gasteiger partial charge is 0.187 e. The highest BCUT2D eigenvalue weighted by Gasteiger charge is 2.63. The molecule has 13 heavy (non-hydrogen) atoms. The molecule has 0 radical (unpaired) electrons. The third-order valence-corrected chi connectivity index (χ3v) is 4.10. The van der Waals surface area contributed by atoms with E-state index in [0.29, 0.717) is 0 Å². The first-order valence-corrected chi connectivity index (χ1v) is 5.07. The van der Waals surface area contributed by atoms with Gasteiger partial charge in [-0.3, -0.25) is 4.79 Å². The van der Waals surface area contributed by atoms with Gasteiger partial charge in [0.2, 0.25) is 0 Å². The Kier molecular flexibility index (Phi) is 1.23. The number of ether oxygens (including phenoxy) is 1. The molecule has 3 aliphatic rings. The first-order chi connectivity index (χ1) is 6.16. The van der Waals surface area contributed by atoms with E-state index in [4.69, 9.17) is 4.74 Å². The third kappa shape index (κ3) is 0.715. The largest absolute Gasteiger partial charge is 0.359 e. The molecule has 0 amide bonds. The van der Waals surface area contributed by atoms with Crippen LogP contribution in [0.3, 0.4) is 0 Å². The summed E-state index contributed by atoms with van der Waals surface area (Å²) in [6.45, 7) is 2.21. The van der Waals surface area contributed by atoms with Gasteiger partial charge < -0.3 is 4.74 Å².